The lowest BCUT2D eigenvalue weighted by Crippen LogP contribution is -2.39. The predicted octanol–water partition coefficient (Wildman–Crippen LogP) is 1.57. The van der Waals surface area contributed by atoms with E-state index in [-0.39, 0.29) is 0 Å². The number of rotatable bonds is 3. The van der Waals surface area contributed by atoms with Gasteiger partial charge in [-0.05, 0) is 18.9 Å². The van der Waals surface area contributed by atoms with E-state index in [0.717, 1.165) is 5.71 Å². The minimum atomic E-state index is -1.31. The van der Waals surface area contributed by atoms with Crippen LogP contribution in [0.25, 0.3) is 0 Å². The van der Waals surface area contributed by atoms with Crippen LogP contribution in [0.5, 0.6) is 0 Å². The van der Waals surface area contributed by atoms with Crippen LogP contribution < -0.4 is 0 Å². The molecule has 1 atom stereocenters. The van der Waals surface area contributed by atoms with Crippen LogP contribution in [-0.4, -0.2) is 22.4 Å². The second-order valence-electron chi connectivity index (χ2n) is 3.19. The van der Waals surface area contributed by atoms with Gasteiger partial charge in [-0.15, -0.1) is 0 Å². The Morgan fingerprint density at radius 1 is 1.85 bits per heavy atom. The van der Waals surface area contributed by atoms with E-state index in [9.17, 15) is 4.79 Å². The van der Waals surface area contributed by atoms with Crippen LogP contribution >= 0.6 is 0 Å². The van der Waals surface area contributed by atoms with E-state index in [4.69, 9.17) is 9.94 Å². The van der Waals surface area contributed by atoms with Crippen molar-refractivity contribution in [3.63, 3.8) is 0 Å². The number of aliphatic carboxylic acids is 1. The van der Waals surface area contributed by atoms with Gasteiger partial charge in [0.25, 0.3) is 5.60 Å². The highest BCUT2D eigenvalue weighted by molar-refractivity contribution is 5.94. The summed E-state index contributed by atoms with van der Waals surface area (Å²) in [6.07, 6.45) is 1.02. The molecule has 1 aliphatic heterocycles. The summed E-state index contributed by atoms with van der Waals surface area (Å²) in [5.74, 6) is -1.02. The Morgan fingerprint density at radius 2 is 2.46 bits per heavy atom. The lowest BCUT2D eigenvalue weighted by atomic mass is 9.90. The van der Waals surface area contributed by atoms with Crippen LogP contribution in [-0.2, 0) is 9.63 Å². The lowest BCUT2D eigenvalue weighted by molar-refractivity contribution is -0.157. The normalized spacial score (nSPS) is 26.5. The summed E-state index contributed by atoms with van der Waals surface area (Å²) < 4.78 is 0. The van der Waals surface area contributed by atoms with Crippen molar-refractivity contribution in [3.8, 4) is 0 Å². The molecule has 0 bridgehead atoms. The molecule has 0 aromatic rings. The van der Waals surface area contributed by atoms with Gasteiger partial charge in [-0.2, -0.15) is 0 Å². The molecule has 4 nitrogen and oxygen atoms in total. The molecule has 1 rings (SSSR count). The fraction of sp³-hybridized carbons (Fsp3) is 0.556. The maximum atomic E-state index is 11.0. The van der Waals surface area contributed by atoms with Gasteiger partial charge in [0.2, 0.25) is 0 Å². The topological polar surface area (TPSA) is 58.9 Å². The Morgan fingerprint density at radius 3 is 2.69 bits per heavy atom. The molecular formula is C9H13NO3. The zero-order valence-electron chi connectivity index (χ0n) is 7.83. The maximum Gasteiger partial charge on any atom is 0.355 e. The van der Waals surface area contributed by atoms with E-state index in [0.29, 0.717) is 18.4 Å². The molecule has 72 valence electrons. The summed E-state index contributed by atoms with van der Waals surface area (Å²) >= 11 is 0. The van der Waals surface area contributed by atoms with Gasteiger partial charge in [0, 0.05) is 6.42 Å². The summed E-state index contributed by atoms with van der Waals surface area (Å²) in [7, 11) is 0. The number of carbonyl (C=O) groups is 1. The van der Waals surface area contributed by atoms with E-state index >= 15 is 0 Å². The van der Waals surface area contributed by atoms with Crippen molar-refractivity contribution in [1.82, 2.24) is 0 Å². The first-order chi connectivity index (χ1) is 6.03. The average molecular weight is 183 g/mol. The number of hydrogen-bond donors (Lipinski definition) is 1. The SMILES string of the molecule is C=C(C)C1(C(=O)O)CC(CC)=NO1. The van der Waals surface area contributed by atoms with Gasteiger partial charge in [0.1, 0.15) is 0 Å². The summed E-state index contributed by atoms with van der Waals surface area (Å²) in [5.41, 5.74) is -0.0664. The van der Waals surface area contributed by atoms with E-state index < -0.39 is 11.6 Å². The minimum Gasteiger partial charge on any atom is -0.478 e. The van der Waals surface area contributed by atoms with Crippen LogP contribution in [0, 0.1) is 0 Å². The van der Waals surface area contributed by atoms with Gasteiger partial charge < -0.3 is 9.94 Å². The lowest BCUT2D eigenvalue weighted by Gasteiger charge is -2.21. The molecule has 1 unspecified atom stereocenters. The molecule has 0 radical (unpaired) electrons. The van der Waals surface area contributed by atoms with Crippen LogP contribution in [0.2, 0.25) is 0 Å². The molecule has 0 saturated carbocycles. The number of carboxylic acids is 1. The van der Waals surface area contributed by atoms with Crippen molar-refractivity contribution >= 4 is 11.7 Å². The van der Waals surface area contributed by atoms with Gasteiger partial charge >= 0.3 is 5.97 Å². The Hall–Kier alpha value is -1.32. The highest BCUT2D eigenvalue weighted by Gasteiger charge is 2.47. The van der Waals surface area contributed by atoms with Gasteiger partial charge in [0.05, 0.1) is 5.71 Å². The smallest absolute Gasteiger partial charge is 0.355 e. The minimum absolute atomic E-state index is 0.314. The van der Waals surface area contributed by atoms with E-state index in [2.05, 4.69) is 11.7 Å². The van der Waals surface area contributed by atoms with Crippen molar-refractivity contribution in [1.29, 1.82) is 0 Å². The third-order valence-corrected chi connectivity index (χ3v) is 2.23. The maximum absolute atomic E-state index is 11.0. The molecule has 1 N–H and O–H groups in total. The summed E-state index contributed by atoms with van der Waals surface area (Å²) in [5, 5.41) is 12.7. The Balaban J connectivity index is 2.89. The quantitative estimate of drug-likeness (QED) is 0.675. The highest BCUT2D eigenvalue weighted by Crippen LogP contribution is 2.31. The molecule has 4 heteroatoms. The number of carboxylic acid groups (broad SMARTS) is 1. The van der Waals surface area contributed by atoms with E-state index in [1.54, 1.807) is 6.92 Å². The van der Waals surface area contributed by atoms with Crippen molar-refractivity contribution in [2.45, 2.75) is 32.3 Å². The third-order valence-electron chi connectivity index (χ3n) is 2.23. The number of nitrogens with zero attached hydrogens (tertiary/aromatic N) is 1. The number of hydrogen-bond acceptors (Lipinski definition) is 3. The molecule has 0 aliphatic carbocycles. The third kappa shape index (κ3) is 1.43. The van der Waals surface area contributed by atoms with Crippen molar-refractivity contribution in [2.75, 3.05) is 0 Å². The Labute approximate surface area is 76.9 Å². The average Bonchev–Trinajstić information content (AvgIpc) is 2.48. The standard InChI is InChI=1S/C9H13NO3/c1-4-7-5-9(6(2)3,8(11)12)13-10-7/h2,4-5H2,1,3H3,(H,11,12). The first-order valence-corrected chi connectivity index (χ1v) is 4.16. The fourth-order valence-electron chi connectivity index (χ4n) is 1.21. The van der Waals surface area contributed by atoms with E-state index in [1.165, 1.54) is 0 Å². The highest BCUT2D eigenvalue weighted by atomic mass is 16.7. The monoisotopic (exact) mass is 183 g/mol. The molecular weight excluding hydrogens is 170 g/mol. The van der Waals surface area contributed by atoms with Crippen molar-refractivity contribution < 1.29 is 14.7 Å². The fourth-order valence-corrected chi connectivity index (χ4v) is 1.21. The van der Waals surface area contributed by atoms with Crippen molar-refractivity contribution in [3.05, 3.63) is 12.2 Å². The van der Waals surface area contributed by atoms with E-state index in [1.807, 2.05) is 6.92 Å². The zero-order valence-corrected chi connectivity index (χ0v) is 7.83. The van der Waals surface area contributed by atoms with Gasteiger partial charge in [-0.25, -0.2) is 4.79 Å². The molecule has 0 saturated heterocycles. The van der Waals surface area contributed by atoms with Crippen LogP contribution in [0.3, 0.4) is 0 Å². The molecule has 1 heterocycles. The second-order valence-corrected chi connectivity index (χ2v) is 3.19. The van der Waals surface area contributed by atoms with Crippen molar-refractivity contribution in [2.24, 2.45) is 5.16 Å². The predicted molar refractivity (Wildman–Crippen MR) is 48.6 cm³/mol. The van der Waals surface area contributed by atoms with Crippen LogP contribution in [0.15, 0.2) is 17.3 Å². The van der Waals surface area contributed by atoms with Gasteiger partial charge in [-0.3, -0.25) is 0 Å². The second kappa shape index (κ2) is 3.20. The Bertz CT molecular complexity index is 267. The zero-order chi connectivity index (χ0) is 10.1. The Kier molecular flexibility index (Phi) is 2.40. The van der Waals surface area contributed by atoms with Crippen LogP contribution in [0.1, 0.15) is 26.7 Å². The molecule has 1 aliphatic rings. The first kappa shape index (κ1) is 9.77. The molecule has 0 spiro atoms. The number of oxime groups is 1. The van der Waals surface area contributed by atoms with Crippen LogP contribution in [0.4, 0.5) is 0 Å². The summed E-state index contributed by atoms with van der Waals surface area (Å²) in [4.78, 5) is 15.9. The molecule has 0 amide bonds. The molecule has 0 fully saturated rings. The van der Waals surface area contributed by atoms with Gasteiger partial charge in [0.15, 0.2) is 0 Å². The first-order valence-electron chi connectivity index (χ1n) is 4.16. The summed E-state index contributed by atoms with van der Waals surface area (Å²) in [6, 6.07) is 0. The van der Waals surface area contributed by atoms with Gasteiger partial charge in [-0.1, -0.05) is 18.7 Å². The molecule has 0 aromatic carbocycles. The molecule has 13 heavy (non-hydrogen) atoms. The largest absolute Gasteiger partial charge is 0.478 e. The molecule has 0 aromatic heterocycles. The summed E-state index contributed by atoms with van der Waals surface area (Å²) in [6.45, 7) is 7.18.